The molecule has 1 aliphatic heterocycles. The molecular weight excluding hydrogens is 366 g/mol. The summed E-state index contributed by atoms with van der Waals surface area (Å²) >= 11 is 0. The van der Waals surface area contributed by atoms with Crippen LogP contribution in [0.4, 0.5) is 0 Å². The van der Waals surface area contributed by atoms with Crippen molar-refractivity contribution in [3.8, 4) is 0 Å². The SMILES string of the molecule is CCCCC(CC)CNC(=O)C1CCCN(S(=O)(=O)c2c(C)noc2C)C1. The summed E-state index contributed by atoms with van der Waals surface area (Å²) in [4.78, 5) is 12.8. The Bertz CT molecular complexity index is 710. The Balaban J connectivity index is 2.00. The molecule has 2 unspecified atom stereocenters. The fourth-order valence-corrected chi connectivity index (χ4v) is 5.49. The second-order valence-corrected chi connectivity index (χ2v) is 9.39. The molecule has 1 N–H and O–H groups in total. The monoisotopic (exact) mass is 399 g/mol. The highest BCUT2D eigenvalue weighted by Gasteiger charge is 2.36. The molecule has 0 aliphatic carbocycles. The molecule has 1 saturated heterocycles. The van der Waals surface area contributed by atoms with Gasteiger partial charge < -0.3 is 9.84 Å². The van der Waals surface area contributed by atoms with Gasteiger partial charge in [0.05, 0.1) is 5.92 Å². The number of sulfonamides is 1. The molecule has 27 heavy (non-hydrogen) atoms. The Morgan fingerprint density at radius 2 is 2.11 bits per heavy atom. The number of carbonyl (C=O) groups is 1. The molecule has 2 atom stereocenters. The summed E-state index contributed by atoms with van der Waals surface area (Å²) in [7, 11) is -3.70. The first-order valence-corrected chi connectivity index (χ1v) is 11.5. The number of nitrogens with one attached hydrogen (secondary N) is 1. The zero-order valence-electron chi connectivity index (χ0n) is 17.0. The zero-order chi connectivity index (χ0) is 20.0. The number of piperidine rings is 1. The van der Waals surface area contributed by atoms with Crippen LogP contribution in [0.15, 0.2) is 9.42 Å². The van der Waals surface area contributed by atoms with Gasteiger partial charge in [0.1, 0.15) is 10.6 Å². The lowest BCUT2D eigenvalue weighted by Crippen LogP contribution is -2.46. The number of nitrogens with zero attached hydrogens (tertiary/aromatic N) is 2. The van der Waals surface area contributed by atoms with Crippen LogP contribution < -0.4 is 5.32 Å². The minimum Gasteiger partial charge on any atom is -0.360 e. The van der Waals surface area contributed by atoms with Gasteiger partial charge in [-0.2, -0.15) is 4.31 Å². The largest absolute Gasteiger partial charge is 0.360 e. The van der Waals surface area contributed by atoms with Crippen LogP contribution in [0.5, 0.6) is 0 Å². The first-order valence-electron chi connectivity index (χ1n) is 10.0. The van der Waals surface area contributed by atoms with E-state index >= 15 is 0 Å². The Morgan fingerprint density at radius 1 is 1.37 bits per heavy atom. The Labute approximate surface area is 162 Å². The zero-order valence-corrected chi connectivity index (χ0v) is 17.8. The predicted molar refractivity (Wildman–Crippen MR) is 104 cm³/mol. The van der Waals surface area contributed by atoms with E-state index in [-0.39, 0.29) is 23.3 Å². The summed E-state index contributed by atoms with van der Waals surface area (Å²) in [5.74, 6) is 0.432. The number of hydrogen-bond donors (Lipinski definition) is 1. The third-order valence-electron chi connectivity index (χ3n) is 5.43. The minimum atomic E-state index is -3.70. The van der Waals surface area contributed by atoms with Gasteiger partial charge in [-0.05, 0) is 39.0 Å². The second kappa shape index (κ2) is 9.68. The van der Waals surface area contributed by atoms with Crippen LogP contribution in [-0.2, 0) is 14.8 Å². The Hall–Kier alpha value is -1.41. The molecule has 2 rings (SSSR count). The number of aryl methyl sites for hydroxylation is 2. The van der Waals surface area contributed by atoms with Crippen molar-refractivity contribution in [2.75, 3.05) is 19.6 Å². The van der Waals surface area contributed by atoms with Gasteiger partial charge in [0.25, 0.3) is 0 Å². The molecule has 1 aromatic heterocycles. The highest BCUT2D eigenvalue weighted by Crippen LogP contribution is 2.27. The number of hydrogen-bond acceptors (Lipinski definition) is 5. The lowest BCUT2D eigenvalue weighted by atomic mass is 9.96. The maximum absolute atomic E-state index is 13.0. The van der Waals surface area contributed by atoms with Crippen molar-refractivity contribution in [3.05, 3.63) is 11.5 Å². The van der Waals surface area contributed by atoms with E-state index in [1.54, 1.807) is 13.8 Å². The molecule has 0 aromatic carbocycles. The summed E-state index contributed by atoms with van der Waals surface area (Å²) < 4.78 is 32.4. The summed E-state index contributed by atoms with van der Waals surface area (Å²) in [5.41, 5.74) is 0.362. The highest BCUT2D eigenvalue weighted by molar-refractivity contribution is 7.89. The number of rotatable bonds is 9. The summed E-state index contributed by atoms with van der Waals surface area (Å²) in [6.45, 7) is 8.84. The van der Waals surface area contributed by atoms with Crippen LogP contribution in [0.25, 0.3) is 0 Å². The van der Waals surface area contributed by atoms with Gasteiger partial charge in [0.15, 0.2) is 5.76 Å². The number of amides is 1. The molecule has 154 valence electrons. The summed E-state index contributed by atoms with van der Waals surface area (Å²) in [6.07, 6.45) is 5.86. The van der Waals surface area contributed by atoms with Crippen LogP contribution in [-0.4, -0.2) is 43.4 Å². The van der Waals surface area contributed by atoms with Crippen molar-refractivity contribution in [1.29, 1.82) is 0 Å². The van der Waals surface area contributed by atoms with Gasteiger partial charge in [-0.3, -0.25) is 4.79 Å². The van der Waals surface area contributed by atoms with Gasteiger partial charge in [0.2, 0.25) is 15.9 Å². The first-order chi connectivity index (χ1) is 12.8. The van der Waals surface area contributed by atoms with E-state index in [2.05, 4.69) is 24.3 Å². The van der Waals surface area contributed by atoms with Crippen molar-refractivity contribution in [2.24, 2.45) is 11.8 Å². The van der Waals surface area contributed by atoms with Crippen LogP contribution in [0.3, 0.4) is 0 Å². The molecule has 0 bridgehead atoms. The molecule has 0 radical (unpaired) electrons. The fraction of sp³-hybridized carbons (Fsp3) is 0.789. The third-order valence-corrected chi connectivity index (χ3v) is 7.54. The quantitative estimate of drug-likeness (QED) is 0.689. The van der Waals surface area contributed by atoms with Crippen molar-refractivity contribution in [3.63, 3.8) is 0 Å². The Morgan fingerprint density at radius 3 is 2.70 bits per heavy atom. The summed E-state index contributed by atoms with van der Waals surface area (Å²) in [5, 5.41) is 6.80. The van der Waals surface area contributed by atoms with Gasteiger partial charge >= 0.3 is 0 Å². The van der Waals surface area contributed by atoms with Crippen LogP contribution in [0, 0.1) is 25.7 Å². The molecule has 1 amide bonds. The fourth-order valence-electron chi connectivity index (χ4n) is 3.68. The number of carbonyl (C=O) groups excluding carboxylic acids is 1. The topological polar surface area (TPSA) is 92.5 Å². The predicted octanol–water partition coefficient (Wildman–Crippen LogP) is 3.02. The highest BCUT2D eigenvalue weighted by atomic mass is 32.2. The average Bonchev–Trinajstić information content (AvgIpc) is 3.00. The smallest absolute Gasteiger partial charge is 0.248 e. The molecule has 2 heterocycles. The molecule has 7 nitrogen and oxygen atoms in total. The van der Waals surface area contributed by atoms with E-state index in [4.69, 9.17) is 4.52 Å². The van der Waals surface area contributed by atoms with Crippen molar-refractivity contribution in [1.82, 2.24) is 14.8 Å². The van der Waals surface area contributed by atoms with E-state index in [0.717, 1.165) is 19.3 Å². The van der Waals surface area contributed by atoms with Crippen molar-refractivity contribution in [2.45, 2.75) is 71.1 Å². The molecule has 1 fully saturated rings. The average molecular weight is 400 g/mol. The van der Waals surface area contributed by atoms with Gasteiger partial charge in [0, 0.05) is 19.6 Å². The molecule has 8 heteroatoms. The van der Waals surface area contributed by atoms with Crippen LogP contribution >= 0.6 is 0 Å². The molecule has 0 saturated carbocycles. The maximum atomic E-state index is 13.0. The van der Waals surface area contributed by atoms with Crippen LogP contribution in [0.2, 0.25) is 0 Å². The van der Waals surface area contributed by atoms with Crippen molar-refractivity contribution >= 4 is 15.9 Å². The van der Waals surface area contributed by atoms with Gasteiger partial charge in [-0.25, -0.2) is 8.42 Å². The Kier molecular flexibility index (Phi) is 7.85. The molecule has 1 aliphatic rings. The van der Waals surface area contributed by atoms with Crippen molar-refractivity contribution < 1.29 is 17.7 Å². The minimum absolute atomic E-state index is 0.0383. The van der Waals surface area contributed by atoms with Gasteiger partial charge in [-0.15, -0.1) is 0 Å². The molecular formula is C19H33N3O4S. The maximum Gasteiger partial charge on any atom is 0.248 e. The first kappa shape index (κ1) is 21.9. The lowest BCUT2D eigenvalue weighted by molar-refractivity contribution is -0.126. The molecule has 0 spiro atoms. The summed E-state index contributed by atoms with van der Waals surface area (Å²) in [6, 6.07) is 0. The van der Waals surface area contributed by atoms with Crippen LogP contribution in [0.1, 0.15) is 63.8 Å². The molecule has 1 aromatic rings. The third kappa shape index (κ3) is 5.31. The van der Waals surface area contributed by atoms with E-state index in [1.165, 1.54) is 10.7 Å². The lowest BCUT2D eigenvalue weighted by Gasteiger charge is -2.31. The van der Waals surface area contributed by atoms with E-state index in [1.807, 2.05) is 0 Å². The number of aromatic nitrogens is 1. The van der Waals surface area contributed by atoms with E-state index in [9.17, 15) is 13.2 Å². The normalized spacial score (nSPS) is 19.8. The van der Waals surface area contributed by atoms with Gasteiger partial charge in [-0.1, -0.05) is 38.3 Å². The van der Waals surface area contributed by atoms with E-state index < -0.39 is 10.0 Å². The standard InChI is InChI=1S/C19H33N3O4S/c1-5-7-9-16(6-2)12-20-19(23)17-10-8-11-22(13-17)27(24,25)18-14(3)21-26-15(18)4/h16-17H,5-13H2,1-4H3,(H,20,23). The number of unbranched alkanes of at least 4 members (excludes halogenated alkanes) is 1. The van der Waals surface area contributed by atoms with E-state index in [0.29, 0.717) is 43.3 Å². The second-order valence-electron chi connectivity index (χ2n) is 7.52.